The van der Waals surface area contributed by atoms with Gasteiger partial charge in [-0.05, 0) is 36.6 Å². The van der Waals surface area contributed by atoms with Gasteiger partial charge in [0.15, 0.2) is 0 Å². The number of halogens is 6. The zero-order valence-electron chi connectivity index (χ0n) is 9.90. The fourth-order valence-corrected chi connectivity index (χ4v) is 1.89. The van der Waals surface area contributed by atoms with Gasteiger partial charge in [-0.3, -0.25) is 0 Å². The third-order valence-corrected chi connectivity index (χ3v) is 3.07. The van der Waals surface area contributed by atoms with Crippen molar-refractivity contribution < 1.29 is 31.1 Å². The molecule has 0 bridgehead atoms. The van der Waals surface area contributed by atoms with Crippen LogP contribution < -0.4 is 0 Å². The Morgan fingerprint density at radius 1 is 0.950 bits per heavy atom. The third-order valence-electron chi connectivity index (χ3n) is 3.07. The second kappa shape index (κ2) is 4.33. The highest BCUT2D eigenvalue weighted by Crippen LogP contribution is 2.51. The average Bonchev–Trinajstić information content (AvgIpc) is 3.08. The van der Waals surface area contributed by atoms with Gasteiger partial charge in [0.2, 0.25) is 0 Å². The summed E-state index contributed by atoms with van der Waals surface area (Å²) in [4.78, 5) is 0. The molecule has 1 aliphatic rings. The molecule has 1 aromatic carbocycles. The molecule has 0 atom stereocenters. The molecule has 0 aliphatic heterocycles. The van der Waals surface area contributed by atoms with Crippen molar-refractivity contribution in [3.63, 3.8) is 0 Å². The number of rotatable bonds is 2. The van der Waals surface area contributed by atoms with E-state index in [2.05, 4.69) is 0 Å². The van der Waals surface area contributed by atoms with Crippen LogP contribution in [0.2, 0.25) is 0 Å². The van der Waals surface area contributed by atoms with E-state index in [1.807, 2.05) is 6.11 Å². The first-order chi connectivity index (χ1) is 9.08. The maximum absolute atomic E-state index is 12.7. The first-order valence-electron chi connectivity index (χ1n) is 5.52. The molecule has 0 N–H and O–H groups in total. The van der Waals surface area contributed by atoms with E-state index in [1.165, 1.54) is 0 Å². The number of benzene rings is 1. The zero-order valence-corrected chi connectivity index (χ0v) is 9.90. The van der Waals surface area contributed by atoms with Gasteiger partial charge in [-0.2, -0.15) is 26.3 Å². The zero-order chi connectivity index (χ0) is 15.2. The Kier molecular flexibility index (Phi) is 3.16. The van der Waals surface area contributed by atoms with Crippen LogP contribution in [0.5, 0.6) is 0 Å². The maximum Gasteiger partial charge on any atom is 0.416 e. The van der Waals surface area contributed by atoms with Crippen LogP contribution in [-0.4, -0.2) is 0 Å². The molecular formula is C13H8F6O. The van der Waals surface area contributed by atoms with Gasteiger partial charge in [0.1, 0.15) is 11.7 Å². The summed E-state index contributed by atoms with van der Waals surface area (Å²) in [5.41, 5.74) is -4.16. The van der Waals surface area contributed by atoms with Crippen molar-refractivity contribution in [2.75, 3.05) is 0 Å². The first-order valence-corrected chi connectivity index (χ1v) is 5.52. The van der Waals surface area contributed by atoms with Crippen LogP contribution in [0.15, 0.2) is 18.2 Å². The standard InChI is InChI=1S/C13H8F6O/c1-2-20-11(3-4-11)8-5-9(12(14,15)16)7-10(6-8)13(17,18)19/h1,5-7H,3-4H2. The molecule has 0 spiro atoms. The molecule has 0 radical (unpaired) electrons. The molecule has 1 aliphatic carbocycles. The van der Waals surface area contributed by atoms with Crippen molar-refractivity contribution in [2.24, 2.45) is 0 Å². The smallest absolute Gasteiger partial charge is 0.416 e. The largest absolute Gasteiger partial charge is 0.435 e. The van der Waals surface area contributed by atoms with Gasteiger partial charge in [0.25, 0.3) is 0 Å². The normalized spacial score (nSPS) is 17.4. The predicted octanol–water partition coefficient (Wildman–Crippen LogP) is 4.32. The van der Waals surface area contributed by atoms with Gasteiger partial charge < -0.3 is 4.74 Å². The van der Waals surface area contributed by atoms with Crippen molar-refractivity contribution in [3.8, 4) is 12.5 Å². The number of hydrogen-bond donors (Lipinski definition) is 0. The number of ether oxygens (including phenoxy) is 1. The monoisotopic (exact) mass is 294 g/mol. The molecule has 1 fully saturated rings. The van der Waals surface area contributed by atoms with Gasteiger partial charge in [-0.15, -0.1) is 0 Å². The number of alkyl halides is 6. The molecule has 20 heavy (non-hydrogen) atoms. The van der Waals surface area contributed by atoms with Crippen LogP contribution in [0.25, 0.3) is 0 Å². The molecule has 0 saturated heterocycles. The van der Waals surface area contributed by atoms with E-state index in [0.29, 0.717) is 12.1 Å². The third kappa shape index (κ3) is 2.69. The van der Waals surface area contributed by atoms with Crippen molar-refractivity contribution in [1.82, 2.24) is 0 Å². The van der Waals surface area contributed by atoms with Crippen molar-refractivity contribution in [3.05, 3.63) is 34.9 Å². The molecule has 0 heterocycles. The lowest BCUT2D eigenvalue weighted by atomic mass is 9.99. The van der Waals surface area contributed by atoms with Crippen LogP contribution >= 0.6 is 0 Å². The lowest BCUT2D eigenvalue weighted by Crippen LogP contribution is -2.16. The van der Waals surface area contributed by atoms with E-state index < -0.39 is 29.1 Å². The Balaban J connectivity index is 2.56. The summed E-state index contributed by atoms with van der Waals surface area (Å²) in [6, 6.07) is 1.38. The second-order valence-corrected chi connectivity index (χ2v) is 4.51. The highest BCUT2D eigenvalue weighted by atomic mass is 19.4. The van der Waals surface area contributed by atoms with Gasteiger partial charge in [0, 0.05) is 0 Å². The minimum atomic E-state index is -4.87. The molecule has 0 amide bonds. The molecule has 1 aromatic rings. The lowest BCUT2D eigenvalue weighted by Gasteiger charge is -2.18. The Bertz CT molecular complexity index is 527. The minimum Gasteiger partial charge on any atom is -0.435 e. The predicted molar refractivity (Wildman–Crippen MR) is 57.3 cm³/mol. The van der Waals surface area contributed by atoms with Gasteiger partial charge in [0.05, 0.1) is 11.1 Å². The van der Waals surface area contributed by atoms with Gasteiger partial charge >= 0.3 is 12.4 Å². The summed E-state index contributed by atoms with van der Waals surface area (Å²) < 4.78 is 80.9. The minimum absolute atomic E-state index is 0.0788. The fourth-order valence-electron chi connectivity index (χ4n) is 1.89. The van der Waals surface area contributed by atoms with Crippen LogP contribution in [0.3, 0.4) is 0 Å². The summed E-state index contributed by atoms with van der Waals surface area (Å²) in [5.74, 6) is 0. The summed E-state index contributed by atoms with van der Waals surface area (Å²) >= 11 is 0. The SMILES string of the molecule is C#COC1(c2cc(C(F)(F)F)cc(C(F)(F)F)c2)CC1. The van der Waals surface area contributed by atoms with Crippen molar-refractivity contribution in [1.29, 1.82) is 0 Å². The van der Waals surface area contributed by atoms with E-state index in [-0.39, 0.29) is 24.5 Å². The summed E-state index contributed by atoms with van der Waals surface area (Å²) in [6.07, 6.45) is -2.42. The van der Waals surface area contributed by atoms with E-state index in [9.17, 15) is 26.3 Å². The van der Waals surface area contributed by atoms with E-state index >= 15 is 0 Å². The van der Waals surface area contributed by atoms with E-state index in [1.54, 1.807) is 0 Å². The first kappa shape index (κ1) is 14.6. The van der Waals surface area contributed by atoms with Crippen molar-refractivity contribution >= 4 is 0 Å². The van der Waals surface area contributed by atoms with E-state index in [0.717, 1.165) is 0 Å². The van der Waals surface area contributed by atoms with Gasteiger partial charge in [-0.1, -0.05) is 6.42 Å². The molecule has 1 nitrogen and oxygen atoms in total. The molecule has 1 saturated carbocycles. The summed E-state index contributed by atoms with van der Waals surface area (Å²) in [5, 5.41) is 0. The quantitative estimate of drug-likeness (QED) is 0.583. The summed E-state index contributed by atoms with van der Waals surface area (Å²) in [6.45, 7) is 0. The molecule has 2 rings (SSSR count). The average molecular weight is 294 g/mol. The molecule has 108 valence electrons. The Hall–Kier alpha value is -1.84. The second-order valence-electron chi connectivity index (χ2n) is 4.51. The Labute approximate surface area is 110 Å². The highest BCUT2D eigenvalue weighted by molar-refractivity contribution is 5.39. The summed E-state index contributed by atoms with van der Waals surface area (Å²) in [7, 11) is 0. The highest BCUT2D eigenvalue weighted by Gasteiger charge is 2.49. The topological polar surface area (TPSA) is 9.23 Å². The van der Waals surface area contributed by atoms with Crippen LogP contribution in [-0.2, 0) is 22.7 Å². The lowest BCUT2D eigenvalue weighted by molar-refractivity contribution is -0.143. The van der Waals surface area contributed by atoms with Crippen molar-refractivity contribution in [2.45, 2.75) is 30.8 Å². The van der Waals surface area contributed by atoms with Crippen LogP contribution in [0.4, 0.5) is 26.3 Å². The van der Waals surface area contributed by atoms with E-state index in [4.69, 9.17) is 11.2 Å². The number of hydrogen-bond acceptors (Lipinski definition) is 1. The Morgan fingerprint density at radius 3 is 1.70 bits per heavy atom. The number of terminal acetylenes is 1. The van der Waals surface area contributed by atoms with Gasteiger partial charge in [-0.25, -0.2) is 0 Å². The molecular weight excluding hydrogens is 286 g/mol. The molecule has 7 heteroatoms. The molecule has 0 unspecified atom stereocenters. The van der Waals surface area contributed by atoms with Crippen LogP contribution in [0, 0.1) is 12.5 Å². The Morgan fingerprint density at radius 2 is 1.40 bits per heavy atom. The molecule has 0 aromatic heterocycles. The fraction of sp³-hybridized carbons (Fsp3) is 0.385. The maximum atomic E-state index is 12.7. The van der Waals surface area contributed by atoms with Crippen LogP contribution in [0.1, 0.15) is 29.5 Å².